The molecule has 0 bridgehead atoms. The molecule has 2 aliphatic rings. The standard InChI is InChI=1S/C15H23N3O4S2.ClH/c16-15(12-6-7-12)11-17-23(19,20)13-4-3-5-14(10-13)24(21,22)18-8-1-2-9-18;/h3-5,10,12,15,17H,1-2,6-9,11,16H2;1H. The zero-order valence-electron chi connectivity index (χ0n) is 13.8. The van der Waals surface area contributed by atoms with E-state index in [9.17, 15) is 16.8 Å². The fourth-order valence-corrected chi connectivity index (χ4v) is 5.62. The Morgan fingerprint density at radius 1 is 1.12 bits per heavy atom. The first-order valence-electron chi connectivity index (χ1n) is 8.16. The lowest BCUT2D eigenvalue weighted by Gasteiger charge is -2.16. The molecule has 7 nitrogen and oxygen atoms in total. The Hall–Kier alpha value is -0.710. The number of nitrogens with one attached hydrogen (secondary N) is 1. The highest BCUT2D eigenvalue weighted by Gasteiger charge is 2.30. The Balaban J connectivity index is 0.00000225. The summed E-state index contributed by atoms with van der Waals surface area (Å²) in [5.74, 6) is 0.384. The molecule has 1 saturated carbocycles. The minimum absolute atomic E-state index is 0. The van der Waals surface area contributed by atoms with Crippen LogP contribution in [0.2, 0.25) is 0 Å². The van der Waals surface area contributed by atoms with E-state index in [1.165, 1.54) is 28.6 Å². The summed E-state index contributed by atoms with van der Waals surface area (Å²) in [6, 6.07) is 5.31. The van der Waals surface area contributed by atoms with Gasteiger partial charge in [-0.05, 0) is 49.8 Å². The average Bonchev–Trinajstić information content (AvgIpc) is 3.26. The highest BCUT2D eigenvalue weighted by molar-refractivity contribution is 7.90. The number of nitrogens with zero attached hydrogens (tertiary/aromatic N) is 1. The van der Waals surface area contributed by atoms with Crippen molar-refractivity contribution in [1.82, 2.24) is 9.03 Å². The molecular formula is C15H24ClN3O4S2. The van der Waals surface area contributed by atoms with Gasteiger partial charge in [0.15, 0.2) is 0 Å². The Labute approximate surface area is 155 Å². The van der Waals surface area contributed by atoms with E-state index in [-0.39, 0.29) is 34.8 Å². The number of rotatable bonds is 7. The Kier molecular flexibility index (Phi) is 6.50. The summed E-state index contributed by atoms with van der Waals surface area (Å²) in [5.41, 5.74) is 5.92. The van der Waals surface area contributed by atoms with Crippen LogP contribution in [0.3, 0.4) is 0 Å². The van der Waals surface area contributed by atoms with Gasteiger partial charge in [0.05, 0.1) is 9.79 Å². The maximum absolute atomic E-state index is 12.6. The fraction of sp³-hybridized carbons (Fsp3) is 0.600. The van der Waals surface area contributed by atoms with E-state index in [1.807, 2.05) is 0 Å². The molecular weight excluding hydrogens is 386 g/mol. The quantitative estimate of drug-likeness (QED) is 0.695. The summed E-state index contributed by atoms with van der Waals surface area (Å²) in [6.07, 6.45) is 3.73. The Morgan fingerprint density at radius 2 is 1.72 bits per heavy atom. The smallest absolute Gasteiger partial charge is 0.243 e. The Morgan fingerprint density at radius 3 is 2.32 bits per heavy atom. The van der Waals surface area contributed by atoms with Crippen molar-refractivity contribution >= 4 is 32.5 Å². The molecule has 10 heteroatoms. The van der Waals surface area contributed by atoms with Crippen LogP contribution in [0.25, 0.3) is 0 Å². The van der Waals surface area contributed by atoms with Crippen LogP contribution < -0.4 is 10.5 Å². The first kappa shape index (κ1) is 20.6. The molecule has 3 N–H and O–H groups in total. The zero-order chi connectivity index (χ0) is 17.4. The predicted molar refractivity (Wildman–Crippen MR) is 97.6 cm³/mol. The number of halogens is 1. The van der Waals surface area contributed by atoms with Gasteiger partial charge in [0, 0.05) is 25.7 Å². The fourth-order valence-electron chi connectivity index (χ4n) is 2.86. The molecule has 0 aromatic heterocycles. The maximum atomic E-state index is 12.6. The molecule has 0 radical (unpaired) electrons. The number of hydrogen-bond donors (Lipinski definition) is 2. The van der Waals surface area contributed by atoms with Gasteiger partial charge in [-0.3, -0.25) is 0 Å². The molecule has 0 amide bonds. The number of benzene rings is 1. The molecule has 1 aromatic rings. The molecule has 1 saturated heterocycles. The lowest BCUT2D eigenvalue weighted by Crippen LogP contribution is -2.38. The van der Waals surface area contributed by atoms with Crippen LogP contribution in [-0.2, 0) is 20.0 Å². The Bertz CT molecular complexity index is 804. The van der Waals surface area contributed by atoms with Gasteiger partial charge >= 0.3 is 0 Å². The molecule has 1 heterocycles. The minimum atomic E-state index is -3.78. The first-order valence-corrected chi connectivity index (χ1v) is 11.1. The van der Waals surface area contributed by atoms with Gasteiger partial charge in [-0.25, -0.2) is 21.6 Å². The molecule has 1 atom stereocenters. The summed E-state index contributed by atoms with van der Waals surface area (Å²) < 4.78 is 53.8. The first-order chi connectivity index (χ1) is 11.3. The van der Waals surface area contributed by atoms with E-state index in [0.29, 0.717) is 19.0 Å². The molecule has 3 rings (SSSR count). The second-order valence-electron chi connectivity index (χ2n) is 6.44. The summed E-state index contributed by atoms with van der Waals surface area (Å²) in [6.45, 7) is 1.12. The third-order valence-corrected chi connectivity index (χ3v) is 7.87. The third-order valence-electron chi connectivity index (χ3n) is 4.56. The van der Waals surface area contributed by atoms with Crippen molar-refractivity contribution in [2.45, 2.75) is 41.5 Å². The predicted octanol–water partition coefficient (Wildman–Crippen LogP) is 0.908. The SMILES string of the molecule is Cl.NC(CNS(=O)(=O)c1cccc(S(=O)(=O)N2CCCC2)c1)C1CC1. The van der Waals surface area contributed by atoms with Gasteiger partial charge in [-0.1, -0.05) is 6.07 Å². The van der Waals surface area contributed by atoms with Crippen molar-refractivity contribution in [3.8, 4) is 0 Å². The highest BCUT2D eigenvalue weighted by atomic mass is 35.5. The van der Waals surface area contributed by atoms with Crippen LogP contribution in [0.4, 0.5) is 0 Å². The van der Waals surface area contributed by atoms with Gasteiger partial charge in [0.2, 0.25) is 20.0 Å². The maximum Gasteiger partial charge on any atom is 0.243 e. The third kappa shape index (κ3) is 4.72. The molecule has 2 fully saturated rings. The van der Waals surface area contributed by atoms with Crippen LogP contribution >= 0.6 is 12.4 Å². The van der Waals surface area contributed by atoms with Crippen molar-refractivity contribution in [2.24, 2.45) is 11.7 Å². The lowest BCUT2D eigenvalue weighted by atomic mass is 10.2. The average molecular weight is 410 g/mol. The van der Waals surface area contributed by atoms with Gasteiger partial charge in [-0.15, -0.1) is 12.4 Å². The second-order valence-corrected chi connectivity index (χ2v) is 10.1. The number of sulfonamides is 2. The van der Waals surface area contributed by atoms with Crippen LogP contribution in [0.15, 0.2) is 34.1 Å². The highest BCUT2D eigenvalue weighted by Crippen LogP contribution is 2.31. The van der Waals surface area contributed by atoms with Crippen LogP contribution in [-0.4, -0.2) is 46.8 Å². The number of nitrogens with two attached hydrogens (primary N) is 1. The van der Waals surface area contributed by atoms with Crippen molar-refractivity contribution in [3.63, 3.8) is 0 Å². The van der Waals surface area contributed by atoms with E-state index >= 15 is 0 Å². The van der Waals surface area contributed by atoms with Crippen molar-refractivity contribution in [3.05, 3.63) is 24.3 Å². The van der Waals surface area contributed by atoms with Gasteiger partial charge in [0.1, 0.15) is 0 Å². The normalized spacial score (nSPS) is 20.2. The molecule has 0 spiro atoms. The molecule has 25 heavy (non-hydrogen) atoms. The van der Waals surface area contributed by atoms with Crippen LogP contribution in [0.5, 0.6) is 0 Å². The van der Waals surface area contributed by atoms with Crippen LogP contribution in [0.1, 0.15) is 25.7 Å². The second kappa shape index (κ2) is 7.89. The van der Waals surface area contributed by atoms with Gasteiger partial charge in [0.25, 0.3) is 0 Å². The largest absolute Gasteiger partial charge is 0.326 e. The number of hydrogen-bond acceptors (Lipinski definition) is 5. The molecule has 142 valence electrons. The van der Waals surface area contributed by atoms with E-state index in [0.717, 1.165) is 25.7 Å². The minimum Gasteiger partial charge on any atom is -0.326 e. The van der Waals surface area contributed by atoms with Crippen LogP contribution in [0, 0.1) is 5.92 Å². The summed E-state index contributed by atoms with van der Waals surface area (Å²) in [7, 11) is -7.42. The van der Waals surface area contributed by atoms with Crippen molar-refractivity contribution < 1.29 is 16.8 Å². The molecule has 1 aliphatic carbocycles. The molecule has 1 aromatic carbocycles. The van der Waals surface area contributed by atoms with Gasteiger partial charge < -0.3 is 5.73 Å². The van der Waals surface area contributed by atoms with Crippen molar-refractivity contribution in [2.75, 3.05) is 19.6 Å². The van der Waals surface area contributed by atoms with E-state index in [1.54, 1.807) is 0 Å². The zero-order valence-corrected chi connectivity index (χ0v) is 16.2. The van der Waals surface area contributed by atoms with Crippen molar-refractivity contribution in [1.29, 1.82) is 0 Å². The summed E-state index contributed by atoms with van der Waals surface area (Å²) >= 11 is 0. The summed E-state index contributed by atoms with van der Waals surface area (Å²) in [5, 5.41) is 0. The van der Waals surface area contributed by atoms with E-state index in [2.05, 4.69) is 4.72 Å². The van der Waals surface area contributed by atoms with E-state index < -0.39 is 20.0 Å². The molecule has 1 aliphatic heterocycles. The topological polar surface area (TPSA) is 110 Å². The van der Waals surface area contributed by atoms with Gasteiger partial charge in [-0.2, -0.15) is 4.31 Å². The summed E-state index contributed by atoms with van der Waals surface area (Å²) in [4.78, 5) is -0.0375. The van der Waals surface area contributed by atoms with E-state index in [4.69, 9.17) is 5.73 Å². The molecule has 1 unspecified atom stereocenters. The lowest BCUT2D eigenvalue weighted by molar-refractivity contribution is 0.477. The monoisotopic (exact) mass is 409 g/mol.